The van der Waals surface area contributed by atoms with E-state index in [-0.39, 0.29) is 5.91 Å². The van der Waals surface area contributed by atoms with Gasteiger partial charge in [-0.3, -0.25) is 4.79 Å². The van der Waals surface area contributed by atoms with Crippen LogP contribution in [0.25, 0.3) is 0 Å². The van der Waals surface area contributed by atoms with Crippen LogP contribution in [0.15, 0.2) is 47.1 Å². The van der Waals surface area contributed by atoms with E-state index in [1.54, 1.807) is 12.3 Å². The van der Waals surface area contributed by atoms with E-state index in [2.05, 4.69) is 48.6 Å². The number of anilines is 2. The van der Waals surface area contributed by atoms with E-state index in [9.17, 15) is 4.79 Å². The summed E-state index contributed by atoms with van der Waals surface area (Å²) in [6.45, 7) is 2.82. The lowest BCUT2D eigenvalue weighted by atomic mass is 10.1. The van der Waals surface area contributed by atoms with Gasteiger partial charge in [0.1, 0.15) is 5.82 Å². The second-order valence-electron chi connectivity index (χ2n) is 5.14. The van der Waals surface area contributed by atoms with Crippen LogP contribution in [0.3, 0.4) is 0 Å². The zero-order valence-electron chi connectivity index (χ0n) is 12.1. The molecule has 0 saturated heterocycles. The molecule has 0 aliphatic carbocycles. The molecule has 5 nitrogen and oxygen atoms in total. The Kier molecular flexibility index (Phi) is 4.70. The molecule has 3 rings (SSSR count). The fraction of sp³-hybridized carbons (Fsp3) is 0.250. The van der Waals surface area contributed by atoms with Crippen LogP contribution in [-0.4, -0.2) is 30.5 Å². The average molecular weight is 361 g/mol. The number of benzene rings is 1. The van der Waals surface area contributed by atoms with Gasteiger partial charge in [0.15, 0.2) is 0 Å². The minimum atomic E-state index is -0.0634. The summed E-state index contributed by atoms with van der Waals surface area (Å²) in [5, 5.41) is 6.21. The van der Waals surface area contributed by atoms with Crippen molar-refractivity contribution in [3.8, 4) is 0 Å². The first-order chi connectivity index (χ1) is 10.7. The summed E-state index contributed by atoms with van der Waals surface area (Å²) in [4.78, 5) is 18.5. The van der Waals surface area contributed by atoms with Crippen LogP contribution < -0.4 is 15.5 Å². The Hall–Kier alpha value is -1.92. The van der Waals surface area contributed by atoms with Crippen LogP contribution in [0.4, 0.5) is 11.5 Å². The summed E-state index contributed by atoms with van der Waals surface area (Å²) in [6, 6.07) is 11.8. The number of carbonyl (C=O) groups excluding carboxylic acids is 1. The van der Waals surface area contributed by atoms with Crippen molar-refractivity contribution in [1.82, 2.24) is 10.3 Å². The minimum absolute atomic E-state index is 0.0634. The molecule has 2 heterocycles. The molecule has 0 bridgehead atoms. The monoisotopic (exact) mass is 360 g/mol. The van der Waals surface area contributed by atoms with Gasteiger partial charge in [-0.2, -0.15) is 0 Å². The van der Waals surface area contributed by atoms with Crippen molar-refractivity contribution in [3.05, 3.63) is 52.6 Å². The van der Waals surface area contributed by atoms with Gasteiger partial charge in [-0.15, -0.1) is 0 Å². The Morgan fingerprint density at radius 2 is 2.18 bits per heavy atom. The van der Waals surface area contributed by atoms with Crippen LogP contribution in [0.1, 0.15) is 5.56 Å². The van der Waals surface area contributed by atoms with Crippen LogP contribution in [0, 0.1) is 0 Å². The van der Waals surface area contributed by atoms with E-state index in [0.29, 0.717) is 12.4 Å². The van der Waals surface area contributed by atoms with Gasteiger partial charge < -0.3 is 15.5 Å². The van der Waals surface area contributed by atoms with E-state index in [1.165, 1.54) is 5.56 Å². The van der Waals surface area contributed by atoms with Crippen molar-refractivity contribution < 1.29 is 4.79 Å². The Morgan fingerprint density at radius 1 is 1.32 bits per heavy atom. The molecule has 22 heavy (non-hydrogen) atoms. The van der Waals surface area contributed by atoms with Gasteiger partial charge in [0.25, 0.3) is 0 Å². The van der Waals surface area contributed by atoms with Crippen LogP contribution >= 0.6 is 15.9 Å². The number of fused-ring (bicyclic) bond motifs is 1. The summed E-state index contributed by atoms with van der Waals surface area (Å²) in [7, 11) is 0. The van der Waals surface area contributed by atoms with Crippen molar-refractivity contribution >= 4 is 33.3 Å². The Morgan fingerprint density at radius 3 is 3.00 bits per heavy atom. The summed E-state index contributed by atoms with van der Waals surface area (Å²) >= 11 is 3.33. The topological polar surface area (TPSA) is 57.3 Å². The molecule has 1 aromatic carbocycles. The van der Waals surface area contributed by atoms with Crippen molar-refractivity contribution in [2.75, 3.05) is 29.9 Å². The molecule has 0 fully saturated rings. The molecule has 0 unspecified atom stereocenters. The quantitative estimate of drug-likeness (QED) is 0.882. The van der Waals surface area contributed by atoms with E-state index < -0.39 is 0 Å². The van der Waals surface area contributed by atoms with Gasteiger partial charge in [-0.1, -0.05) is 18.2 Å². The first-order valence-electron chi connectivity index (χ1n) is 7.17. The van der Waals surface area contributed by atoms with E-state index in [4.69, 9.17) is 0 Å². The molecule has 6 heteroatoms. The number of hydrogen-bond donors (Lipinski definition) is 2. The molecule has 1 aromatic heterocycles. The standard InChI is InChI=1S/C16H17BrN4O/c17-13-5-6-15(19-10-13)20-16(22)11-21-8-7-18-9-12-3-1-2-4-14(12)21/h1-6,10,18H,7-9,11H2,(H,19,20,22). The minimum Gasteiger partial charge on any atom is -0.361 e. The SMILES string of the molecule is O=C(CN1CCNCc2ccccc21)Nc1ccc(Br)cn1. The highest BCUT2D eigenvalue weighted by atomic mass is 79.9. The highest BCUT2D eigenvalue weighted by molar-refractivity contribution is 9.10. The van der Waals surface area contributed by atoms with Crippen LogP contribution in [-0.2, 0) is 11.3 Å². The van der Waals surface area contributed by atoms with Gasteiger partial charge in [-0.05, 0) is 39.7 Å². The molecule has 1 aliphatic heterocycles. The predicted octanol–water partition coefficient (Wildman–Crippen LogP) is 2.39. The first-order valence-corrected chi connectivity index (χ1v) is 7.96. The Balaban J connectivity index is 1.69. The Bertz CT molecular complexity index is 659. The third kappa shape index (κ3) is 3.64. The summed E-state index contributed by atoms with van der Waals surface area (Å²) < 4.78 is 0.887. The zero-order valence-corrected chi connectivity index (χ0v) is 13.6. The van der Waals surface area contributed by atoms with Gasteiger partial charge in [-0.25, -0.2) is 4.98 Å². The second-order valence-corrected chi connectivity index (χ2v) is 6.05. The van der Waals surface area contributed by atoms with Crippen molar-refractivity contribution in [1.29, 1.82) is 0 Å². The number of nitrogens with zero attached hydrogens (tertiary/aromatic N) is 2. The first kappa shape index (κ1) is 15.0. The number of nitrogens with one attached hydrogen (secondary N) is 2. The smallest absolute Gasteiger partial charge is 0.245 e. The predicted molar refractivity (Wildman–Crippen MR) is 90.9 cm³/mol. The van der Waals surface area contributed by atoms with E-state index in [0.717, 1.165) is 29.8 Å². The third-order valence-corrected chi connectivity index (χ3v) is 4.00. The molecule has 2 aromatic rings. The fourth-order valence-corrected chi connectivity index (χ4v) is 2.73. The van der Waals surface area contributed by atoms with Crippen molar-refractivity contribution in [2.45, 2.75) is 6.54 Å². The van der Waals surface area contributed by atoms with Gasteiger partial charge in [0.05, 0.1) is 6.54 Å². The molecular formula is C16H17BrN4O. The molecule has 0 atom stereocenters. The lowest BCUT2D eigenvalue weighted by Gasteiger charge is -2.23. The number of pyridine rings is 1. The summed E-state index contributed by atoms with van der Waals surface area (Å²) in [5.41, 5.74) is 2.33. The Labute approximate surface area is 137 Å². The van der Waals surface area contributed by atoms with Crippen LogP contribution in [0.2, 0.25) is 0 Å². The number of halogens is 1. The van der Waals surface area contributed by atoms with E-state index >= 15 is 0 Å². The largest absolute Gasteiger partial charge is 0.361 e. The maximum Gasteiger partial charge on any atom is 0.245 e. The lowest BCUT2D eigenvalue weighted by Crippen LogP contribution is -2.36. The maximum atomic E-state index is 12.3. The molecule has 114 valence electrons. The summed E-state index contributed by atoms with van der Waals surface area (Å²) in [6.07, 6.45) is 1.67. The zero-order chi connectivity index (χ0) is 15.4. The average Bonchev–Trinajstić information content (AvgIpc) is 2.72. The number of hydrogen-bond acceptors (Lipinski definition) is 4. The molecule has 0 saturated carbocycles. The van der Waals surface area contributed by atoms with Crippen molar-refractivity contribution in [3.63, 3.8) is 0 Å². The highest BCUT2D eigenvalue weighted by Crippen LogP contribution is 2.21. The lowest BCUT2D eigenvalue weighted by molar-refractivity contribution is -0.115. The number of para-hydroxylation sites is 1. The fourth-order valence-electron chi connectivity index (χ4n) is 2.50. The van der Waals surface area contributed by atoms with E-state index in [1.807, 2.05) is 18.2 Å². The van der Waals surface area contributed by atoms with Gasteiger partial charge >= 0.3 is 0 Å². The van der Waals surface area contributed by atoms with Crippen LogP contribution in [0.5, 0.6) is 0 Å². The molecule has 0 radical (unpaired) electrons. The normalized spacial score (nSPS) is 14.1. The van der Waals surface area contributed by atoms with Gasteiger partial charge in [0, 0.05) is 36.0 Å². The second kappa shape index (κ2) is 6.89. The third-order valence-electron chi connectivity index (χ3n) is 3.54. The maximum absolute atomic E-state index is 12.3. The number of rotatable bonds is 3. The number of carbonyl (C=O) groups is 1. The van der Waals surface area contributed by atoms with Crippen molar-refractivity contribution in [2.24, 2.45) is 0 Å². The molecular weight excluding hydrogens is 344 g/mol. The number of amides is 1. The molecule has 0 spiro atoms. The molecule has 2 N–H and O–H groups in total. The molecule has 1 amide bonds. The molecule has 1 aliphatic rings. The summed E-state index contributed by atoms with van der Waals surface area (Å²) in [5.74, 6) is 0.501. The number of aromatic nitrogens is 1. The highest BCUT2D eigenvalue weighted by Gasteiger charge is 2.17. The van der Waals surface area contributed by atoms with Gasteiger partial charge in [0.2, 0.25) is 5.91 Å².